The van der Waals surface area contributed by atoms with E-state index in [1.54, 1.807) is 39.0 Å². The molecule has 2 aromatic heterocycles. The standard InChI is InChI=1S/C16H16ClN3O3/c1-9-6-13(10(2)23-9)16(3)14(21)20(15(22)19-16)8-12-5-4-11(17)7-18-12/h4-7H,8H2,1-3H3,(H,19,22). The van der Waals surface area contributed by atoms with Crippen LogP contribution in [0.5, 0.6) is 0 Å². The summed E-state index contributed by atoms with van der Waals surface area (Å²) in [4.78, 5) is 30.4. The monoisotopic (exact) mass is 333 g/mol. The van der Waals surface area contributed by atoms with Gasteiger partial charge in [-0.15, -0.1) is 0 Å². The first kappa shape index (κ1) is 15.6. The highest BCUT2D eigenvalue weighted by Gasteiger charge is 2.50. The van der Waals surface area contributed by atoms with Gasteiger partial charge < -0.3 is 9.73 Å². The minimum Gasteiger partial charge on any atom is -0.466 e. The van der Waals surface area contributed by atoms with Gasteiger partial charge in [0.15, 0.2) is 0 Å². The number of carbonyl (C=O) groups is 2. The first-order valence-corrected chi connectivity index (χ1v) is 7.51. The summed E-state index contributed by atoms with van der Waals surface area (Å²) in [6.45, 7) is 5.35. The minimum absolute atomic E-state index is 0.0906. The number of amides is 3. The molecule has 23 heavy (non-hydrogen) atoms. The number of hydrogen-bond acceptors (Lipinski definition) is 4. The number of carbonyl (C=O) groups excluding carboxylic acids is 2. The molecule has 0 spiro atoms. The molecule has 120 valence electrons. The summed E-state index contributed by atoms with van der Waals surface area (Å²) in [6.07, 6.45) is 1.48. The van der Waals surface area contributed by atoms with Gasteiger partial charge in [0.1, 0.15) is 17.1 Å². The van der Waals surface area contributed by atoms with Crippen molar-refractivity contribution in [3.63, 3.8) is 0 Å². The van der Waals surface area contributed by atoms with Gasteiger partial charge in [-0.1, -0.05) is 11.6 Å². The maximum atomic E-state index is 12.8. The first-order chi connectivity index (χ1) is 10.8. The molecule has 1 saturated heterocycles. The third kappa shape index (κ3) is 2.59. The van der Waals surface area contributed by atoms with Crippen LogP contribution < -0.4 is 5.32 Å². The first-order valence-electron chi connectivity index (χ1n) is 7.13. The van der Waals surface area contributed by atoms with E-state index in [1.165, 1.54) is 6.20 Å². The van der Waals surface area contributed by atoms with E-state index in [0.29, 0.717) is 27.8 Å². The fourth-order valence-corrected chi connectivity index (χ4v) is 2.92. The van der Waals surface area contributed by atoms with Gasteiger partial charge in [-0.05, 0) is 39.0 Å². The highest BCUT2D eigenvalue weighted by molar-refractivity contribution is 6.30. The molecule has 3 rings (SSSR count). The second kappa shape index (κ2) is 5.38. The fourth-order valence-electron chi connectivity index (χ4n) is 2.81. The zero-order valence-electron chi connectivity index (χ0n) is 13.0. The lowest BCUT2D eigenvalue weighted by Gasteiger charge is -2.21. The lowest BCUT2D eigenvalue weighted by molar-refractivity contribution is -0.131. The summed E-state index contributed by atoms with van der Waals surface area (Å²) < 4.78 is 5.49. The van der Waals surface area contributed by atoms with Gasteiger partial charge in [-0.2, -0.15) is 0 Å². The Labute approximate surface area is 138 Å². The number of hydrogen-bond donors (Lipinski definition) is 1. The van der Waals surface area contributed by atoms with Crippen LogP contribution in [-0.4, -0.2) is 21.8 Å². The van der Waals surface area contributed by atoms with E-state index in [-0.39, 0.29) is 12.5 Å². The Hall–Kier alpha value is -2.34. The minimum atomic E-state index is -1.13. The van der Waals surface area contributed by atoms with Crippen molar-refractivity contribution >= 4 is 23.5 Å². The van der Waals surface area contributed by atoms with E-state index >= 15 is 0 Å². The average molecular weight is 334 g/mol. The average Bonchev–Trinajstić information content (AvgIpc) is 2.94. The van der Waals surface area contributed by atoms with Crippen molar-refractivity contribution in [3.8, 4) is 0 Å². The molecule has 1 atom stereocenters. The number of aromatic nitrogens is 1. The number of urea groups is 1. The van der Waals surface area contributed by atoms with Crippen LogP contribution in [-0.2, 0) is 16.9 Å². The number of aryl methyl sites for hydroxylation is 2. The summed E-state index contributed by atoms with van der Waals surface area (Å²) in [5, 5.41) is 3.26. The normalized spacial score (nSPS) is 21.0. The zero-order valence-corrected chi connectivity index (χ0v) is 13.8. The van der Waals surface area contributed by atoms with Gasteiger partial charge in [0.25, 0.3) is 5.91 Å². The van der Waals surface area contributed by atoms with Gasteiger partial charge in [-0.3, -0.25) is 14.7 Å². The van der Waals surface area contributed by atoms with E-state index in [4.69, 9.17) is 16.0 Å². The molecular weight excluding hydrogens is 318 g/mol. The van der Waals surface area contributed by atoms with E-state index < -0.39 is 11.6 Å². The third-order valence-corrected chi connectivity index (χ3v) is 4.19. The van der Waals surface area contributed by atoms with Crippen molar-refractivity contribution in [2.45, 2.75) is 32.9 Å². The Morgan fingerprint density at radius 2 is 2.09 bits per heavy atom. The van der Waals surface area contributed by atoms with Gasteiger partial charge >= 0.3 is 6.03 Å². The van der Waals surface area contributed by atoms with Crippen LogP contribution in [0.15, 0.2) is 28.8 Å². The Bertz CT molecular complexity index is 784. The molecule has 1 N–H and O–H groups in total. The highest BCUT2D eigenvalue weighted by Crippen LogP contribution is 2.33. The molecule has 3 amide bonds. The highest BCUT2D eigenvalue weighted by atomic mass is 35.5. The van der Waals surface area contributed by atoms with Crippen LogP contribution in [0, 0.1) is 13.8 Å². The van der Waals surface area contributed by atoms with Crippen molar-refractivity contribution in [2.24, 2.45) is 0 Å². The van der Waals surface area contributed by atoms with E-state index in [1.807, 2.05) is 0 Å². The van der Waals surface area contributed by atoms with Crippen LogP contribution in [0.25, 0.3) is 0 Å². The van der Waals surface area contributed by atoms with Gasteiger partial charge in [0, 0.05) is 11.8 Å². The number of rotatable bonds is 3. The van der Waals surface area contributed by atoms with Crippen molar-refractivity contribution in [2.75, 3.05) is 0 Å². The second-order valence-corrected chi connectivity index (χ2v) is 6.18. The van der Waals surface area contributed by atoms with E-state index in [0.717, 1.165) is 4.90 Å². The van der Waals surface area contributed by atoms with Gasteiger partial charge in [0.05, 0.1) is 17.3 Å². The molecule has 2 aromatic rings. The van der Waals surface area contributed by atoms with Crippen molar-refractivity contribution in [1.82, 2.24) is 15.2 Å². The molecule has 3 heterocycles. The molecule has 0 saturated carbocycles. The van der Waals surface area contributed by atoms with E-state index in [2.05, 4.69) is 10.3 Å². The molecule has 6 nitrogen and oxygen atoms in total. The van der Waals surface area contributed by atoms with Crippen LogP contribution in [0.2, 0.25) is 5.02 Å². The molecule has 1 fully saturated rings. The van der Waals surface area contributed by atoms with Crippen LogP contribution >= 0.6 is 11.6 Å². The SMILES string of the molecule is Cc1cc(C2(C)NC(=O)N(Cc3ccc(Cl)cn3)C2=O)c(C)o1. The third-order valence-electron chi connectivity index (χ3n) is 3.96. The maximum absolute atomic E-state index is 12.8. The van der Waals surface area contributed by atoms with Crippen molar-refractivity contribution in [1.29, 1.82) is 0 Å². The second-order valence-electron chi connectivity index (χ2n) is 5.74. The molecule has 1 unspecified atom stereocenters. The predicted octanol–water partition coefficient (Wildman–Crippen LogP) is 2.91. The topological polar surface area (TPSA) is 75.4 Å². The molecule has 1 aliphatic heterocycles. The Kier molecular flexibility index (Phi) is 3.64. The number of halogens is 1. The summed E-state index contributed by atoms with van der Waals surface area (Å²) in [7, 11) is 0. The Balaban J connectivity index is 1.90. The largest absolute Gasteiger partial charge is 0.466 e. The Morgan fingerprint density at radius 3 is 2.65 bits per heavy atom. The van der Waals surface area contributed by atoms with Crippen LogP contribution in [0.4, 0.5) is 4.79 Å². The van der Waals surface area contributed by atoms with Crippen molar-refractivity contribution in [3.05, 3.63) is 52.2 Å². The number of furan rings is 1. The summed E-state index contributed by atoms with van der Waals surface area (Å²) in [6, 6.07) is 4.68. The predicted molar refractivity (Wildman–Crippen MR) is 83.9 cm³/mol. The number of imide groups is 1. The quantitative estimate of drug-likeness (QED) is 0.876. The fraction of sp³-hybridized carbons (Fsp3) is 0.312. The van der Waals surface area contributed by atoms with Crippen molar-refractivity contribution < 1.29 is 14.0 Å². The molecular formula is C16H16ClN3O3. The number of pyridine rings is 1. The van der Waals surface area contributed by atoms with Gasteiger partial charge in [-0.25, -0.2) is 4.79 Å². The summed E-state index contributed by atoms with van der Waals surface area (Å²) in [5.41, 5.74) is 0.118. The lowest BCUT2D eigenvalue weighted by atomic mass is 9.92. The number of nitrogens with one attached hydrogen (secondary N) is 1. The zero-order chi connectivity index (χ0) is 16.8. The number of nitrogens with zero attached hydrogens (tertiary/aromatic N) is 2. The molecule has 7 heteroatoms. The smallest absolute Gasteiger partial charge is 0.325 e. The van der Waals surface area contributed by atoms with E-state index in [9.17, 15) is 9.59 Å². The summed E-state index contributed by atoms with van der Waals surface area (Å²) >= 11 is 5.80. The molecule has 0 aliphatic carbocycles. The van der Waals surface area contributed by atoms with Crippen LogP contribution in [0.1, 0.15) is 29.7 Å². The molecule has 0 bridgehead atoms. The maximum Gasteiger partial charge on any atom is 0.325 e. The lowest BCUT2D eigenvalue weighted by Crippen LogP contribution is -2.41. The summed E-state index contributed by atoms with van der Waals surface area (Å²) in [5.74, 6) is 0.979. The Morgan fingerprint density at radius 1 is 1.35 bits per heavy atom. The molecule has 0 aromatic carbocycles. The van der Waals surface area contributed by atoms with Gasteiger partial charge in [0.2, 0.25) is 0 Å². The molecule has 1 aliphatic rings. The van der Waals surface area contributed by atoms with Crippen LogP contribution in [0.3, 0.4) is 0 Å². The molecule has 0 radical (unpaired) electrons.